The van der Waals surface area contributed by atoms with Crippen molar-refractivity contribution in [3.8, 4) is 5.69 Å². The second-order valence-corrected chi connectivity index (χ2v) is 8.96. The highest BCUT2D eigenvalue weighted by Crippen LogP contribution is 2.35. The molecule has 2 aliphatic carbocycles. The average Bonchev–Trinajstić information content (AvgIpc) is 3.33. The lowest BCUT2D eigenvalue weighted by atomic mass is 9.88. The zero-order valence-electron chi connectivity index (χ0n) is 18.4. The molecule has 0 unspecified atom stereocenters. The topological polar surface area (TPSA) is 85.8 Å². The molecule has 1 N–H and O–H groups in total. The SMILES string of the molecule is Cc1nc(C2(NC(=O)c3nn(-c4ccc(F)cc4)c4c3CCCC4)CCCCCC2)no1. The predicted molar refractivity (Wildman–Crippen MR) is 116 cm³/mol. The molecule has 168 valence electrons. The number of carbonyl (C=O) groups is 1. The Bertz CT molecular complexity index is 1110. The number of rotatable bonds is 4. The van der Waals surface area contributed by atoms with Gasteiger partial charge in [-0.25, -0.2) is 9.07 Å². The van der Waals surface area contributed by atoms with Gasteiger partial charge in [-0.15, -0.1) is 0 Å². The van der Waals surface area contributed by atoms with E-state index in [0.717, 1.165) is 81.2 Å². The number of carbonyl (C=O) groups excluding carboxylic acids is 1. The highest BCUT2D eigenvalue weighted by molar-refractivity contribution is 5.94. The van der Waals surface area contributed by atoms with E-state index in [4.69, 9.17) is 9.62 Å². The lowest BCUT2D eigenvalue weighted by molar-refractivity contribution is 0.0870. The van der Waals surface area contributed by atoms with Crippen molar-refractivity contribution in [2.45, 2.75) is 76.7 Å². The zero-order chi connectivity index (χ0) is 22.1. The summed E-state index contributed by atoms with van der Waals surface area (Å²) in [6.45, 7) is 1.77. The Hall–Kier alpha value is -3.03. The summed E-state index contributed by atoms with van der Waals surface area (Å²) in [7, 11) is 0. The quantitative estimate of drug-likeness (QED) is 0.605. The number of hydrogen-bond acceptors (Lipinski definition) is 5. The summed E-state index contributed by atoms with van der Waals surface area (Å²) >= 11 is 0. The van der Waals surface area contributed by atoms with Gasteiger partial charge in [0.2, 0.25) is 5.89 Å². The maximum absolute atomic E-state index is 13.6. The molecule has 1 saturated carbocycles. The molecule has 0 aliphatic heterocycles. The minimum atomic E-state index is -0.646. The number of amides is 1. The van der Waals surface area contributed by atoms with Crippen LogP contribution in [-0.4, -0.2) is 25.8 Å². The molecule has 0 spiro atoms. The molecule has 1 amide bonds. The van der Waals surface area contributed by atoms with Crippen LogP contribution >= 0.6 is 0 Å². The zero-order valence-corrected chi connectivity index (χ0v) is 18.4. The number of aromatic nitrogens is 4. The minimum Gasteiger partial charge on any atom is -0.340 e. The number of halogens is 1. The van der Waals surface area contributed by atoms with Crippen LogP contribution in [0.3, 0.4) is 0 Å². The molecule has 32 heavy (non-hydrogen) atoms. The third-order valence-electron chi connectivity index (χ3n) is 6.73. The summed E-state index contributed by atoms with van der Waals surface area (Å²) in [5, 5.41) is 12.2. The molecule has 0 atom stereocenters. The van der Waals surface area contributed by atoms with Crippen LogP contribution in [0.2, 0.25) is 0 Å². The number of benzene rings is 1. The molecular formula is C24H28FN5O2. The lowest BCUT2D eigenvalue weighted by Crippen LogP contribution is -2.47. The van der Waals surface area contributed by atoms with E-state index in [1.807, 2.05) is 0 Å². The Balaban J connectivity index is 1.52. The summed E-state index contributed by atoms with van der Waals surface area (Å²) in [5.41, 5.74) is 2.60. The van der Waals surface area contributed by atoms with Crippen LogP contribution in [0, 0.1) is 12.7 Å². The van der Waals surface area contributed by atoms with Crippen molar-refractivity contribution in [1.29, 1.82) is 0 Å². The number of nitrogens with one attached hydrogen (secondary N) is 1. The van der Waals surface area contributed by atoms with Crippen molar-refractivity contribution in [2.24, 2.45) is 0 Å². The van der Waals surface area contributed by atoms with Gasteiger partial charge < -0.3 is 9.84 Å². The van der Waals surface area contributed by atoms with Gasteiger partial charge in [0.05, 0.1) is 5.69 Å². The van der Waals surface area contributed by atoms with Gasteiger partial charge in [0.25, 0.3) is 5.91 Å². The van der Waals surface area contributed by atoms with E-state index < -0.39 is 5.54 Å². The Morgan fingerprint density at radius 2 is 1.78 bits per heavy atom. The number of nitrogens with zero attached hydrogens (tertiary/aromatic N) is 4. The Morgan fingerprint density at radius 1 is 1.06 bits per heavy atom. The molecular weight excluding hydrogens is 409 g/mol. The van der Waals surface area contributed by atoms with Crippen LogP contribution < -0.4 is 5.32 Å². The molecule has 0 saturated heterocycles. The van der Waals surface area contributed by atoms with Crippen molar-refractivity contribution in [3.05, 3.63) is 58.7 Å². The van der Waals surface area contributed by atoms with Crippen molar-refractivity contribution in [1.82, 2.24) is 25.2 Å². The van der Waals surface area contributed by atoms with Gasteiger partial charge in [-0.05, 0) is 62.8 Å². The maximum Gasteiger partial charge on any atom is 0.272 e. The first-order valence-corrected chi connectivity index (χ1v) is 11.6. The molecule has 2 aromatic heterocycles. The van der Waals surface area contributed by atoms with Crippen LogP contribution in [0.4, 0.5) is 4.39 Å². The van der Waals surface area contributed by atoms with Crippen molar-refractivity contribution in [3.63, 3.8) is 0 Å². The predicted octanol–water partition coefficient (Wildman–Crippen LogP) is 4.56. The van der Waals surface area contributed by atoms with Gasteiger partial charge in [0.1, 0.15) is 11.4 Å². The monoisotopic (exact) mass is 437 g/mol. The molecule has 5 rings (SSSR count). The standard InChI is InChI=1S/C24H28FN5O2/c1-16-26-23(29-32-16)24(14-6-2-3-7-15-24)27-22(31)21-19-8-4-5-9-20(19)30(28-21)18-12-10-17(25)11-13-18/h10-13H,2-9,14-15H2,1H3,(H,27,31). The van der Waals surface area contributed by atoms with Gasteiger partial charge >= 0.3 is 0 Å². The molecule has 7 nitrogen and oxygen atoms in total. The molecule has 0 radical (unpaired) electrons. The summed E-state index contributed by atoms with van der Waals surface area (Å²) in [6.07, 6.45) is 9.54. The summed E-state index contributed by atoms with van der Waals surface area (Å²) in [4.78, 5) is 18.1. The summed E-state index contributed by atoms with van der Waals surface area (Å²) < 4.78 is 20.5. The number of aryl methyl sites for hydroxylation is 1. The fourth-order valence-electron chi connectivity index (χ4n) is 5.08. The maximum atomic E-state index is 13.6. The van der Waals surface area contributed by atoms with Crippen LogP contribution in [0.5, 0.6) is 0 Å². The van der Waals surface area contributed by atoms with Crippen LogP contribution in [0.1, 0.15) is 84.8 Å². The molecule has 0 bridgehead atoms. The fraction of sp³-hybridized carbons (Fsp3) is 0.500. The van der Waals surface area contributed by atoms with E-state index in [1.54, 1.807) is 23.7 Å². The summed E-state index contributed by atoms with van der Waals surface area (Å²) in [6, 6.07) is 6.25. The first kappa shape index (κ1) is 20.8. The van der Waals surface area contributed by atoms with Crippen molar-refractivity contribution >= 4 is 5.91 Å². The van der Waals surface area contributed by atoms with Gasteiger partial charge in [-0.2, -0.15) is 10.1 Å². The molecule has 2 heterocycles. The molecule has 3 aromatic rings. The van der Waals surface area contributed by atoms with E-state index in [2.05, 4.69) is 15.5 Å². The van der Waals surface area contributed by atoms with E-state index in [1.165, 1.54) is 12.1 Å². The molecule has 1 aromatic carbocycles. The minimum absolute atomic E-state index is 0.201. The second-order valence-electron chi connectivity index (χ2n) is 8.96. The van der Waals surface area contributed by atoms with Crippen molar-refractivity contribution in [2.75, 3.05) is 0 Å². The van der Waals surface area contributed by atoms with Crippen LogP contribution in [0.15, 0.2) is 28.8 Å². The van der Waals surface area contributed by atoms with Crippen LogP contribution in [-0.2, 0) is 18.4 Å². The number of hydrogen-bond donors (Lipinski definition) is 1. The Labute approximate surface area is 186 Å². The lowest BCUT2D eigenvalue weighted by Gasteiger charge is -2.30. The van der Waals surface area contributed by atoms with E-state index in [0.29, 0.717) is 17.4 Å². The normalized spacial score (nSPS) is 18.1. The average molecular weight is 438 g/mol. The summed E-state index contributed by atoms with van der Waals surface area (Å²) in [5.74, 6) is 0.555. The fourth-order valence-corrected chi connectivity index (χ4v) is 5.08. The highest BCUT2D eigenvalue weighted by Gasteiger charge is 2.40. The smallest absolute Gasteiger partial charge is 0.272 e. The molecule has 1 fully saturated rings. The Morgan fingerprint density at radius 3 is 2.47 bits per heavy atom. The second kappa shape index (κ2) is 8.48. The van der Waals surface area contributed by atoms with Crippen molar-refractivity contribution < 1.29 is 13.7 Å². The van der Waals surface area contributed by atoms with Gasteiger partial charge in [0.15, 0.2) is 11.5 Å². The largest absolute Gasteiger partial charge is 0.340 e. The Kier molecular flexibility index (Phi) is 5.53. The third-order valence-corrected chi connectivity index (χ3v) is 6.73. The first-order chi connectivity index (χ1) is 15.6. The highest BCUT2D eigenvalue weighted by atomic mass is 19.1. The molecule has 2 aliphatic rings. The van der Waals surface area contributed by atoms with E-state index in [-0.39, 0.29) is 11.7 Å². The van der Waals surface area contributed by atoms with E-state index >= 15 is 0 Å². The van der Waals surface area contributed by atoms with E-state index in [9.17, 15) is 9.18 Å². The van der Waals surface area contributed by atoms with Gasteiger partial charge in [-0.3, -0.25) is 4.79 Å². The number of fused-ring (bicyclic) bond motifs is 1. The van der Waals surface area contributed by atoms with Crippen LogP contribution in [0.25, 0.3) is 5.69 Å². The third kappa shape index (κ3) is 3.82. The molecule has 8 heteroatoms. The van der Waals surface area contributed by atoms with Gasteiger partial charge in [0, 0.05) is 18.2 Å². The van der Waals surface area contributed by atoms with Gasteiger partial charge in [-0.1, -0.05) is 30.8 Å². The first-order valence-electron chi connectivity index (χ1n) is 11.6.